The van der Waals surface area contributed by atoms with E-state index < -0.39 is 0 Å². The van der Waals surface area contributed by atoms with Crippen LogP contribution in [0.1, 0.15) is 49.1 Å². The largest absolute Gasteiger partial charge is 0.494 e. The molecule has 0 saturated heterocycles. The molecule has 0 bridgehead atoms. The van der Waals surface area contributed by atoms with Gasteiger partial charge in [-0.25, -0.2) is 4.39 Å². The Hall–Kier alpha value is -2.59. The Balaban J connectivity index is 1.59. The molecule has 4 rings (SSSR count). The van der Waals surface area contributed by atoms with Crippen LogP contribution in [-0.4, -0.2) is 25.7 Å². The molecule has 0 fully saturated rings. The van der Waals surface area contributed by atoms with Crippen LogP contribution in [0.4, 0.5) is 4.39 Å². The lowest BCUT2D eigenvalue weighted by Crippen LogP contribution is -2.08. The highest BCUT2D eigenvalue weighted by molar-refractivity contribution is 5.91. The number of halogens is 1. The zero-order valence-corrected chi connectivity index (χ0v) is 18.1. The minimum atomic E-state index is -0.339. The molecule has 1 aliphatic rings. The van der Waals surface area contributed by atoms with E-state index >= 15 is 0 Å². The number of H-pyrrole nitrogens is 1. The number of nitrogens with one attached hydrogen (secondary N) is 2. The monoisotopic (exact) mass is 406 g/mol. The van der Waals surface area contributed by atoms with Crippen molar-refractivity contribution < 1.29 is 9.13 Å². The number of fused-ring (bicyclic) bond motifs is 1. The van der Waals surface area contributed by atoms with Gasteiger partial charge in [0.2, 0.25) is 0 Å². The Bertz CT molecular complexity index is 1070. The molecule has 3 nitrogen and oxygen atoms in total. The minimum Gasteiger partial charge on any atom is -0.494 e. The van der Waals surface area contributed by atoms with Crippen LogP contribution >= 0.6 is 0 Å². The van der Waals surface area contributed by atoms with Crippen molar-refractivity contribution in [1.82, 2.24) is 10.3 Å². The van der Waals surface area contributed by atoms with E-state index in [1.54, 1.807) is 17.7 Å². The first-order valence-electron chi connectivity index (χ1n) is 10.9. The summed E-state index contributed by atoms with van der Waals surface area (Å²) in [7, 11) is 3.50. The summed E-state index contributed by atoms with van der Waals surface area (Å²) in [6.45, 7) is 3.17. The molecule has 30 heavy (non-hydrogen) atoms. The summed E-state index contributed by atoms with van der Waals surface area (Å²) in [6.07, 6.45) is 8.36. The fourth-order valence-corrected chi connectivity index (χ4v) is 4.65. The highest BCUT2D eigenvalue weighted by Gasteiger charge is 2.18. The summed E-state index contributed by atoms with van der Waals surface area (Å²) in [5, 5.41) is 4.48. The third kappa shape index (κ3) is 4.15. The SMILES string of the molecule is CNCCC1=CCCC(c2ccc3[nH]c(-c4ccc(OC)c(F)c4)c(C)c3c2)CC1. The number of aryl methyl sites for hydroxylation is 1. The van der Waals surface area contributed by atoms with Crippen LogP contribution in [0, 0.1) is 12.7 Å². The molecule has 1 aliphatic carbocycles. The number of ether oxygens (including phenoxy) is 1. The fourth-order valence-electron chi connectivity index (χ4n) is 4.65. The van der Waals surface area contributed by atoms with Crippen LogP contribution in [0.3, 0.4) is 0 Å². The predicted octanol–water partition coefficient (Wildman–Crippen LogP) is 6.48. The first-order valence-corrected chi connectivity index (χ1v) is 10.9. The van der Waals surface area contributed by atoms with Gasteiger partial charge in [-0.2, -0.15) is 0 Å². The zero-order valence-electron chi connectivity index (χ0n) is 18.1. The van der Waals surface area contributed by atoms with Gasteiger partial charge in [0.05, 0.1) is 7.11 Å². The van der Waals surface area contributed by atoms with Crippen LogP contribution in [-0.2, 0) is 0 Å². The third-order valence-corrected chi connectivity index (χ3v) is 6.45. The number of hydrogen-bond acceptors (Lipinski definition) is 2. The summed E-state index contributed by atoms with van der Waals surface area (Å²) in [4.78, 5) is 3.49. The second-order valence-electron chi connectivity index (χ2n) is 8.31. The van der Waals surface area contributed by atoms with Crippen molar-refractivity contribution in [3.05, 3.63) is 65.0 Å². The lowest BCUT2D eigenvalue weighted by Gasteiger charge is -2.15. The molecule has 1 atom stereocenters. The second-order valence-corrected chi connectivity index (χ2v) is 8.31. The number of allylic oxidation sites excluding steroid dienone is 1. The topological polar surface area (TPSA) is 37.0 Å². The molecule has 0 radical (unpaired) electrons. The maximum atomic E-state index is 14.2. The number of methoxy groups -OCH3 is 1. The van der Waals surface area contributed by atoms with Gasteiger partial charge in [0, 0.05) is 22.2 Å². The summed E-state index contributed by atoms with van der Waals surface area (Å²) < 4.78 is 19.3. The highest BCUT2D eigenvalue weighted by atomic mass is 19.1. The van der Waals surface area contributed by atoms with Crippen LogP contribution < -0.4 is 10.1 Å². The normalized spacial score (nSPS) is 17.1. The van der Waals surface area contributed by atoms with Crippen molar-refractivity contribution in [3.63, 3.8) is 0 Å². The molecule has 1 unspecified atom stereocenters. The van der Waals surface area contributed by atoms with Gasteiger partial charge < -0.3 is 15.0 Å². The molecular weight excluding hydrogens is 375 g/mol. The summed E-state index contributed by atoms with van der Waals surface area (Å²) in [5.74, 6) is 0.522. The van der Waals surface area contributed by atoms with Crippen LogP contribution in [0.15, 0.2) is 48.0 Å². The van der Waals surface area contributed by atoms with E-state index in [1.165, 1.54) is 37.3 Å². The molecule has 3 aromatic rings. The van der Waals surface area contributed by atoms with Gasteiger partial charge in [0.25, 0.3) is 0 Å². The molecule has 0 aliphatic heterocycles. The van der Waals surface area contributed by atoms with Gasteiger partial charge in [-0.1, -0.05) is 17.7 Å². The molecule has 0 amide bonds. The van der Waals surface area contributed by atoms with E-state index in [-0.39, 0.29) is 11.6 Å². The molecular formula is C26H31FN2O. The fraction of sp³-hybridized carbons (Fsp3) is 0.385. The van der Waals surface area contributed by atoms with E-state index in [2.05, 4.69) is 41.5 Å². The van der Waals surface area contributed by atoms with Crippen LogP contribution in [0.2, 0.25) is 0 Å². The predicted molar refractivity (Wildman–Crippen MR) is 123 cm³/mol. The number of aromatic nitrogens is 1. The van der Waals surface area contributed by atoms with Crippen molar-refractivity contribution >= 4 is 10.9 Å². The van der Waals surface area contributed by atoms with Gasteiger partial charge in [-0.3, -0.25) is 0 Å². The first kappa shape index (κ1) is 20.7. The molecule has 1 heterocycles. The van der Waals surface area contributed by atoms with Crippen molar-refractivity contribution in [1.29, 1.82) is 0 Å². The Morgan fingerprint density at radius 2 is 2.03 bits per heavy atom. The maximum Gasteiger partial charge on any atom is 0.165 e. The lowest BCUT2D eigenvalue weighted by atomic mass is 9.90. The van der Waals surface area contributed by atoms with E-state index in [0.717, 1.165) is 41.7 Å². The summed E-state index contributed by atoms with van der Waals surface area (Å²) in [5.41, 5.74) is 7.09. The Morgan fingerprint density at radius 1 is 1.17 bits per heavy atom. The Morgan fingerprint density at radius 3 is 2.80 bits per heavy atom. The number of rotatable bonds is 6. The van der Waals surface area contributed by atoms with Gasteiger partial charge in [-0.15, -0.1) is 0 Å². The zero-order chi connectivity index (χ0) is 21.1. The molecule has 158 valence electrons. The standard InChI is InChI=1S/C26H31FN2O/c1-17-22-15-20(19-6-4-5-18(7-8-19)13-14-28-2)9-11-24(22)29-26(17)21-10-12-25(30-3)23(27)16-21/h5,9-12,15-16,19,28-29H,4,6-8,13-14H2,1-3H3. The van der Waals surface area contributed by atoms with E-state index in [1.807, 2.05) is 13.1 Å². The third-order valence-electron chi connectivity index (χ3n) is 6.45. The van der Waals surface area contributed by atoms with Gasteiger partial charge in [0.1, 0.15) is 0 Å². The minimum absolute atomic E-state index is 0.269. The quantitative estimate of drug-likeness (QED) is 0.459. The summed E-state index contributed by atoms with van der Waals surface area (Å²) in [6, 6.07) is 11.9. The van der Waals surface area contributed by atoms with Gasteiger partial charge in [-0.05, 0) is 100.0 Å². The average molecular weight is 407 g/mol. The summed E-state index contributed by atoms with van der Waals surface area (Å²) >= 11 is 0. The maximum absolute atomic E-state index is 14.2. The smallest absolute Gasteiger partial charge is 0.165 e. The number of hydrogen-bond donors (Lipinski definition) is 2. The van der Waals surface area contributed by atoms with Crippen molar-refractivity contribution in [2.24, 2.45) is 0 Å². The Labute approximate surface area is 178 Å². The molecule has 1 aromatic heterocycles. The number of aromatic amines is 1. The molecule has 2 aromatic carbocycles. The van der Waals surface area contributed by atoms with E-state index in [9.17, 15) is 4.39 Å². The molecule has 4 heteroatoms. The Kier molecular flexibility index (Phi) is 6.24. The second kappa shape index (κ2) is 9.05. The van der Waals surface area contributed by atoms with Crippen molar-refractivity contribution in [2.45, 2.75) is 44.9 Å². The number of benzene rings is 2. The van der Waals surface area contributed by atoms with E-state index in [0.29, 0.717) is 5.92 Å². The lowest BCUT2D eigenvalue weighted by molar-refractivity contribution is 0.386. The molecule has 2 N–H and O–H groups in total. The first-order chi connectivity index (χ1) is 14.6. The highest BCUT2D eigenvalue weighted by Crippen LogP contribution is 2.37. The average Bonchev–Trinajstić information content (AvgIpc) is 2.93. The van der Waals surface area contributed by atoms with Crippen LogP contribution in [0.25, 0.3) is 22.2 Å². The van der Waals surface area contributed by atoms with E-state index in [4.69, 9.17) is 4.74 Å². The van der Waals surface area contributed by atoms with Gasteiger partial charge >= 0.3 is 0 Å². The molecule has 0 saturated carbocycles. The van der Waals surface area contributed by atoms with Crippen molar-refractivity contribution in [3.8, 4) is 17.0 Å². The van der Waals surface area contributed by atoms with Crippen molar-refractivity contribution in [2.75, 3.05) is 20.7 Å². The van der Waals surface area contributed by atoms with Crippen LogP contribution in [0.5, 0.6) is 5.75 Å². The molecule has 0 spiro atoms. The van der Waals surface area contributed by atoms with Gasteiger partial charge in [0.15, 0.2) is 11.6 Å².